The third kappa shape index (κ3) is 5.75. The van der Waals surface area contributed by atoms with Crippen LogP contribution in [0.3, 0.4) is 0 Å². The zero-order valence-corrected chi connectivity index (χ0v) is 20.1. The van der Waals surface area contributed by atoms with Gasteiger partial charge in [0.15, 0.2) is 17.6 Å². The van der Waals surface area contributed by atoms with Crippen molar-refractivity contribution >= 4 is 41.2 Å². The highest BCUT2D eigenvalue weighted by atomic mass is 127. The van der Waals surface area contributed by atoms with Gasteiger partial charge in [-0.25, -0.2) is 8.78 Å². The van der Waals surface area contributed by atoms with Gasteiger partial charge in [-0.05, 0) is 42.0 Å². The predicted octanol–water partition coefficient (Wildman–Crippen LogP) is 4.77. The zero-order chi connectivity index (χ0) is 20.9. The molecule has 0 saturated carbocycles. The van der Waals surface area contributed by atoms with Crippen LogP contribution in [0.25, 0.3) is 5.57 Å². The highest BCUT2D eigenvalue weighted by molar-refractivity contribution is 14.0. The fourth-order valence-electron chi connectivity index (χ4n) is 4.26. The van der Waals surface area contributed by atoms with Gasteiger partial charge < -0.3 is 15.1 Å². The number of nitrogens with one attached hydrogen (secondary N) is 1. The molecule has 1 N–H and O–H groups in total. The van der Waals surface area contributed by atoms with Crippen molar-refractivity contribution in [3.63, 3.8) is 0 Å². The van der Waals surface area contributed by atoms with Gasteiger partial charge in [-0.15, -0.1) is 24.0 Å². The molecule has 0 aliphatic carbocycles. The summed E-state index contributed by atoms with van der Waals surface area (Å²) in [5.41, 5.74) is 3.43. The van der Waals surface area contributed by atoms with Crippen molar-refractivity contribution in [1.82, 2.24) is 10.2 Å². The molecule has 4 rings (SSSR count). The summed E-state index contributed by atoms with van der Waals surface area (Å²) >= 11 is 0. The molecule has 1 atom stereocenters. The fourth-order valence-corrected chi connectivity index (χ4v) is 4.26. The van der Waals surface area contributed by atoms with Crippen LogP contribution in [0.4, 0.5) is 14.5 Å². The summed E-state index contributed by atoms with van der Waals surface area (Å²) in [5.74, 6) is -0.229. The number of guanidine groups is 1. The van der Waals surface area contributed by atoms with Crippen LogP contribution in [0.2, 0.25) is 0 Å². The topological polar surface area (TPSA) is 30.9 Å². The molecule has 0 spiro atoms. The van der Waals surface area contributed by atoms with E-state index in [1.807, 2.05) is 13.1 Å². The van der Waals surface area contributed by atoms with Crippen LogP contribution in [0, 0.1) is 17.6 Å². The first-order valence-corrected chi connectivity index (χ1v) is 10.5. The van der Waals surface area contributed by atoms with E-state index in [-0.39, 0.29) is 24.0 Å². The number of anilines is 1. The van der Waals surface area contributed by atoms with Crippen LogP contribution < -0.4 is 10.2 Å². The fraction of sp³-hybridized carbons (Fsp3) is 0.375. The Morgan fingerprint density at radius 1 is 1.10 bits per heavy atom. The average molecular weight is 538 g/mol. The number of rotatable bonds is 4. The number of benzene rings is 2. The molecule has 166 valence electrons. The van der Waals surface area contributed by atoms with E-state index in [2.05, 4.69) is 50.5 Å². The quantitative estimate of drug-likeness (QED) is 0.346. The third-order valence-corrected chi connectivity index (χ3v) is 5.97. The summed E-state index contributed by atoms with van der Waals surface area (Å²) in [5, 5.41) is 3.51. The van der Waals surface area contributed by atoms with Crippen molar-refractivity contribution in [3.05, 3.63) is 71.8 Å². The summed E-state index contributed by atoms with van der Waals surface area (Å²) in [7, 11) is 1.82. The third-order valence-electron chi connectivity index (χ3n) is 5.97. The molecule has 2 aliphatic rings. The maximum Gasteiger partial charge on any atom is 0.193 e. The Bertz CT molecular complexity index is 932. The lowest BCUT2D eigenvalue weighted by atomic mass is 10.00. The van der Waals surface area contributed by atoms with E-state index in [9.17, 15) is 8.78 Å². The molecule has 1 unspecified atom stereocenters. The Kier molecular flexibility index (Phi) is 8.28. The van der Waals surface area contributed by atoms with Crippen molar-refractivity contribution in [2.45, 2.75) is 12.8 Å². The lowest BCUT2D eigenvalue weighted by molar-refractivity contribution is 0.431. The molecule has 0 amide bonds. The maximum atomic E-state index is 13.5. The minimum absolute atomic E-state index is 0. The highest BCUT2D eigenvalue weighted by Gasteiger charge is 2.24. The summed E-state index contributed by atoms with van der Waals surface area (Å²) in [6.07, 6.45) is 4.30. The molecule has 2 aromatic rings. The lowest BCUT2D eigenvalue weighted by Crippen LogP contribution is -2.45. The largest absolute Gasteiger partial charge is 0.371 e. The number of halogens is 3. The maximum absolute atomic E-state index is 13.5. The van der Waals surface area contributed by atoms with Gasteiger partial charge >= 0.3 is 0 Å². The summed E-state index contributed by atoms with van der Waals surface area (Å²) in [4.78, 5) is 8.86. The number of aliphatic imine (C=N–C) groups is 1. The number of hydrogen-bond donors (Lipinski definition) is 1. The molecule has 7 heteroatoms. The van der Waals surface area contributed by atoms with Crippen molar-refractivity contribution in [3.8, 4) is 0 Å². The molecule has 4 nitrogen and oxygen atoms in total. The Hall–Kier alpha value is -2.16. The monoisotopic (exact) mass is 538 g/mol. The van der Waals surface area contributed by atoms with Crippen molar-refractivity contribution in [1.29, 1.82) is 0 Å². The Balaban J connectivity index is 0.00000272. The van der Waals surface area contributed by atoms with Gasteiger partial charge in [-0.3, -0.25) is 4.99 Å². The van der Waals surface area contributed by atoms with E-state index >= 15 is 0 Å². The Labute approximate surface area is 200 Å². The van der Waals surface area contributed by atoms with Gasteiger partial charge in [-0.2, -0.15) is 0 Å². The second kappa shape index (κ2) is 10.9. The lowest BCUT2D eigenvalue weighted by Gasteiger charge is -2.30. The van der Waals surface area contributed by atoms with Gasteiger partial charge in [0.25, 0.3) is 0 Å². The van der Waals surface area contributed by atoms with Gasteiger partial charge in [0.1, 0.15) is 0 Å². The molecule has 2 aromatic carbocycles. The average Bonchev–Trinajstić information content (AvgIpc) is 3.26. The molecule has 1 saturated heterocycles. The summed E-state index contributed by atoms with van der Waals surface area (Å²) in [6, 6.07) is 14.7. The van der Waals surface area contributed by atoms with Crippen LogP contribution >= 0.6 is 24.0 Å². The molecule has 2 aliphatic heterocycles. The molecule has 2 heterocycles. The zero-order valence-electron chi connectivity index (χ0n) is 17.7. The van der Waals surface area contributed by atoms with Gasteiger partial charge in [0.2, 0.25) is 0 Å². The Morgan fingerprint density at radius 2 is 1.90 bits per heavy atom. The van der Waals surface area contributed by atoms with E-state index in [4.69, 9.17) is 0 Å². The van der Waals surface area contributed by atoms with Crippen molar-refractivity contribution in [2.75, 3.05) is 44.7 Å². The minimum atomic E-state index is -0.800. The van der Waals surface area contributed by atoms with Crippen LogP contribution in [0.5, 0.6) is 0 Å². The predicted molar refractivity (Wildman–Crippen MR) is 134 cm³/mol. The van der Waals surface area contributed by atoms with E-state index in [0.29, 0.717) is 5.92 Å². The van der Waals surface area contributed by atoms with Gasteiger partial charge in [0.05, 0.1) is 0 Å². The summed E-state index contributed by atoms with van der Waals surface area (Å²) < 4.78 is 26.7. The van der Waals surface area contributed by atoms with Gasteiger partial charge in [-0.1, -0.05) is 36.4 Å². The van der Waals surface area contributed by atoms with E-state index < -0.39 is 11.6 Å². The van der Waals surface area contributed by atoms with Gasteiger partial charge in [0, 0.05) is 51.5 Å². The molecular formula is C24H29F2IN4. The van der Waals surface area contributed by atoms with Crippen molar-refractivity contribution < 1.29 is 8.78 Å². The normalized spacial score (nSPS) is 19.1. The van der Waals surface area contributed by atoms with Crippen LogP contribution in [0.15, 0.2) is 59.6 Å². The number of hydrogen-bond acceptors (Lipinski definition) is 2. The molecular weight excluding hydrogens is 509 g/mol. The van der Waals surface area contributed by atoms with Crippen LogP contribution in [-0.4, -0.2) is 50.6 Å². The molecule has 31 heavy (non-hydrogen) atoms. The SMILES string of the molecule is CN=C(NCC1CCN(c2ccc(F)c(F)c2)C1)N1CC=C(c2ccccc2)CC1.I. The Morgan fingerprint density at radius 3 is 2.58 bits per heavy atom. The summed E-state index contributed by atoms with van der Waals surface area (Å²) in [6.45, 7) is 4.27. The van der Waals surface area contributed by atoms with E-state index in [1.165, 1.54) is 23.3 Å². The smallest absolute Gasteiger partial charge is 0.193 e. The van der Waals surface area contributed by atoms with E-state index in [1.54, 1.807) is 6.07 Å². The molecule has 1 fully saturated rings. The standard InChI is InChI=1S/C24H28F2N4.HI/c1-27-24(29-13-10-20(11-14-29)19-5-3-2-4-6-19)28-16-18-9-12-30(17-18)21-7-8-22(25)23(26)15-21;/h2-8,10,15,18H,9,11-14,16-17H2,1H3,(H,27,28);1H. The first-order valence-electron chi connectivity index (χ1n) is 10.5. The van der Waals surface area contributed by atoms with Crippen LogP contribution in [-0.2, 0) is 0 Å². The highest BCUT2D eigenvalue weighted by Crippen LogP contribution is 2.25. The second-order valence-corrected chi connectivity index (χ2v) is 7.92. The first-order chi connectivity index (χ1) is 14.6. The van der Waals surface area contributed by atoms with E-state index in [0.717, 1.165) is 57.2 Å². The molecule has 0 radical (unpaired) electrons. The number of nitrogens with zero attached hydrogens (tertiary/aromatic N) is 3. The van der Waals surface area contributed by atoms with Crippen LogP contribution in [0.1, 0.15) is 18.4 Å². The van der Waals surface area contributed by atoms with Crippen molar-refractivity contribution in [2.24, 2.45) is 10.9 Å². The molecule has 0 bridgehead atoms. The molecule has 0 aromatic heterocycles. The second-order valence-electron chi connectivity index (χ2n) is 7.92. The minimum Gasteiger partial charge on any atom is -0.371 e. The first kappa shape index (κ1) is 23.5.